The molecule has 0 aromatic rings. The molecule has 0 radical (unpaired) electrons. The Hall–Kier alpha value is 1.65. The van der Waals surface area contributed by atoms with E-state index in [1.807, 2.05) is 0 Å². The summed E-state index contributed by atoms with van der Waals surface area (Å²) in [6, 6.07) is 0.0181. The van der Waals surface area contributed by atoms with Gasteiger partial charge in [0.25, 0.3) is 0 Å². The summed E-state index contributed by atoms with van der Waals surface area (Å²) in [5.41, 5.74) is 0. The molecule has 200 valence electrons. The lowest BCUT2D eigenvalue weighted by atomic mass is 10.1. The molecule has 0 saturated carbocycles. The molecule has 0 atom stereocenters. The maximum atomic E-state index is 10.5. The molecule has 0 bridgehead atoms. The maximum Gasteiger partial charge on any atom is 0.198 e. The fourth-order valence-corrected chi connectivity index (χ4v) is 3.70. The Morgan fingerprint density at radius 2 is 0.969 bits per heavy atom. The predicted molar refractivity (Wildman–Crippen MR) is 155 cm³/mol. The van der Waals surface area contributed by atoms with E-state index in [2.05, 4.69) is 54.8 Å². The summed E-state index contributed by atoms with van der Waals surface area (Å²) in [5, 5.41) is 0. The molecule has 0 aliphatic rings. The number of rotatable bonds is 14. The number of halogens is 3. The highest BCUT2D eigenvalue weighted by molar-refractivity contribution is 14.1. The summed E-state index contributed by atoms with van der Waals surface area (Å²) >= 11 is 12.1. The van der Waals surface area contributed by atoms with Crippen LogP contribution in [0.5, 0.6) is 0 Å². The van der Waals surface area contributed by atoms with Crippen molar-refractivity contribution in [2.24, 2.45) is 0 Å². The van der Waals surface area contributed by atoms with Crippen LogP contribution in [-0.4, -0.2) is 67.3 Å². The summed E-state index contributed by atoms with van der Waals surface area (Å²) in [4.78, 5) is 9.66. The Balaban J connectivity index is -0.000000213. The van der Waals surface area contributed by atoms with Gasteiger partial charge in [0.2, 0.25) is 0 Å². The maximum absolute atomic E-state index is 10.5. The van der Waals surface area contributed by atoms with Gasteiger partial charge >= 0.3 is 0 Å². The smallest absolute Gasteiger partial charge is 0.198 e. The molecule has 0 aromatic carbocycles. The second kappa shape index (κ2) is 27.2. The van der Waals surface area contributed by atoms with Gasteiger partial charge in [0, 0.05) is 20.7 Å². The Kier molecular flexibility index (Phi) is 34.7. The zero-order valence-corrected chi connectivity index (χ0v) is 27.5. The van der Waals surface area contributed by atoms with Gasteiger partial charge in [-0.05, 0) is 39.0 Å². The van der Waals surface area contributed by atoms with Crippen molar-refractivity contribution in [1.82, 2.24) is 0 Å². The molecular weight excluding hydrogens is 602 g/mol. The Morgan fingerprint density at radius 1 is 0.750 bits per heavy atom. The van der Waals surface area contributed by atoms with Crippen molar-refractivity contribution in [3.63, 3.8) is 0 Å². The van der Waals surface area contributed by atoms with Gasteiger partial charge in [-0.15, -0.1) is 11.6 Å². The second-order valence-corrected chi connectivity index (χ2v) is 15.9. The van der Waals surface area contributed by atoms with E-state index in [1.165, 1.54) is 109 Å². The van der Waals surface area contributed by atoms with Crippen LogP contribution in [-0.2, 0) is 13.7 Å². The van der Waals surface area contributed by atoms with Crippen molar-refractivity contribution >= 4 is 60.5 Å². The van der Waals surface area contributed by atoms with Crippen LogP contribution in [0.2, 0.25) is 0 Å². The van der Waals surface area contributed by atoms with Crippen LogP contribution in [0.3, 0.4) is 0 Å². The lowest BCUT2D eigenvalue weighted by Crippen LogP contribution is -2.50. The van der Waals surface area contributed by atoms with Gasteiger partial charge in [0.15, 0.2) is 7.37 Å². The third kappa shape index (κ3) is 45.2. The van der Waals surface area contributed by atoms with E-state index >= 15 is 0 Å². The van der Waals surface area contributed by atoms with Crippen LogP contribution in [0.15, 0.2) is 0 Å². The highest BCUT2D eigenvalue weighted by Gasteiger charge is 2.24. The van der Waals surface area contributed by atoms with Crippen molar-refractivity contribution in [3.05, 3.63) is 0 Å². The molecule has 0 rings (SSSR count). The molecule has 0 N–H and O–H groups in total. The SMILES string of the molecule is CCCC[N+](CCCC)(CCCC)CCCC.CP(C)(=O)OCCl.CP(C)(=O)[O-].ClCI. The lowest BCUT2D eigenvalue weighted by Gasteiger charge is -2.39. The minimum atomic E-state index is -2.89. The van der Waals surface area contributed by atoms with Crippen LogP contribution >= 0.6 is 60.5 Å². The summed E-state index contributed by atoms with van der Waals surface area (Å²) in [6.07, 6.45) is 11.1. The zero-order valence-electron chi connectivity index (χ0n) is 22.0. The van der Waals surface area contributed by atoms with E-state index < -0.39 is 14.7 Å². The van der Waals surface area contributed by atoms with E-state index in [1.54, 1.807) is 0 Å². The normalized spacial score (nSPS) is 11.4. The molecule has 0 amide bonds. The number of hydrogen-bond donors (Lipinski definition) is 0. The summed E-state index contributed by atoms with van der Waals surface area (Å²) in [6.45, 7) is 20.4. The van der Waals surface area contributed by atoms with Crippen LogP contribution < -0.4 is 4.89 Å². The zero-order chi connectivity index (χ0) is 26.1. The molecule has 5 nitrogen and oxygen atoms in total. The minimum Gasteiger partial charge on any atom is -0.800 e. The predicted octanol–water partition coefficient (Wildman–Crippen LogP) is 8.24. The number of alkyl halides is 3. The number of hydrogen-bond acceptors (Lipinski definition) is 4. The summed E-state index contributed by atoms with van der Waals surface area (Å²) in [5.74, 6) is 0. The van der Waals surface area contributed by atoms with E-state index in [-0.39, 0.29) is 6.07 Å². The average Bonchev–Trinajstić information content (AvgIpc) is 2.66. The molecule has 0 fully saturated rings. The minimum absolute atomic E-state index is 0.0181. The van der Waals surface area contributed by atoms with Crippen molar-refractivity contribution < 1.29 is 23.0 Å². The van der Waals surface area contributed by atoms with Crippen molar-refractivity contribution in [2.45, 2.75) is 79.1 Å². The van der Waals surface area contributed by atoms with Crippen LogP contribution in [0.4, 0.5) is 0 Å². The quantitative estimate of drug-likeness (QED) is 0.0820. The van der Waals surface area contributed by atoms with Crippen molar-refractivity contribution in [1.29, 1.82) is 0 Å². The monoisotopic (exact) mass is 653 g/mol. The van der Waals surface area contributed by atoms with Gasteiger partial charge in [-0.25, -0.2) is 0 Å². The first kappa shape index (κ1) is 40.8. The second-order valence-electron chi connectivity index (χ2n) is 8.49. The third-order valence-electron chi connectivity index (χ3n) is 4.30. The van der Waals surface area contributed by atoms with E-state index in [4.69, 9.17) is 23.2 Å². The molecule has 0 spiro atoms. The van der Waals surface area contributed by atoms with E-state index in [0.29, 0.717) is 3.89 Å². The van der Waals surface area contributed by atoms with Crippen LogP contribution in [0.25, 0.3) is 0 Å². The van der Waals surface area contributed by atoms with Gasteiger partial charge in [0.1, 0.15) is 6.07 Å². The Labute approximate surface area is 224 Å². The van der Waals surface area contributed by atoms with Gasteiger partial charge in [0.05, 0.1) is 30.1 Å². The molecular formula is C22H52Cl2INO4P2. The number of unbranched alkanes of at least 4 members (excludes halogenated alkanes) is 4. The van der Waals surface area contributed by atoms with Gasteiger partial charge in [-0.1, -0.05) is 87.6 Å². The van der Waals surface area contributed by atoms with Crippen molar-refractivity contribution in [3.8, 4) is 0 Å². The molecule has 0 saturated heterocycles. The highest BCUT2D eigenvalue weighted by Crippen LogP contribution is 2.37. The molecule has 10 heteroatoms. The van der Waals surface area contributed by atoms with Crippen LogP contribution in [0.1, 0.15) is 79.1 Å². The first-order valence-electron chi connectivity index (χ1n) is 11.7. The lowest BCUT2D eigenvalue weighted by molar-refractivity contribution is -0.929. The molecule has 0 aromatic heterocycles. The summed E-state index contributed by atoms with van der Waals surface area (Å²) < 4.78 is 26.8. The highest BCUT2D eigenvalue weighted by atomic mass is 127. The van der Waals surface area contributed by atoms with Gasteiger partial charge < -0.3 is 18.5 Å². The third-order valence-corrected chi connectivity index (χ3v) is 5.32. The molecule has 0 aliphatic heterocycles. The first-order valence-corrected chi connectivity index (χ1v) is 19.3. The molecule has 0 heterocycles. The molecule has 0 aliphatic carbocycles. The fraction of sp³-hybridized carbons (Fsp3) is 1.00. The van der Waals surface area contributed by atoms with E-state index in [9.17, 15) is 14.0 Å². The fourth-order valence-electron chi connectivity index (χ4n) is 2.76. The largest absolute Gasteiger partial charge is 0.800 e. The Morgan fingerprint density at radius 3 is 1.06 bits per heavy atom. The standard InChI is InChI=1S/C16H36N.C3H8ClO2P.C2H7O2P.CH2ClI/c1-5-9-13-17(14-10-6-2,15-11-7-3)16-12-8-4;1-7(2,5)6-3-4;1-5(2,3)4;2-1-3/h5-16H2,1-4H3;3H2,1-2H3;1-2H3,(H,3,4);1H2/q+1;;;/p-1. The molecule has 0 unspecified atom stereocenters. The average molecular weight is 654 g/mol. The van der Waals surface area contributed by atoms with Gasteiger partial charge in [-0.2, -0.15) is 0 Å². The number of quaternary nitrogens is 1. The summed E-state index contributed by atoms with van der Waals surface area (Å²) in [7, 11) is -5.19. The van der Waals surface area contributed by atoms with Crippen molar-refractivity contribution in [2.75, 3.05) is 62.8 Å². The van der Waals surface area contributed by atoms with Gasteiger partial charge in [-0.3, -0.25) is 4.57 Å². The topological polar surface area (TPSA) is 66.4 Å². The first-order chi connectivity index (χ1) is 14.7. The molecule has 32 heavy (non-hydrogen) atoms. The van der Waals surface area contributed by atoms with E-state index in [0.717, 1.165) is 0 Å². The van der Waals surface area contributed by atoms with Crippen LogP contribution in [0, 0.1) is 0 Å². The number of nitrogens with zero attached hydrogens (tertiary/aromatic N) is 1. The Bertz CT molecular complexity index is 417.